The summed E-state index contributed by atoms with van der Waals surface area (Å²) < 4.78 is 14.5. The van der Waals surface area contributed by atoms with Crippen LogP contribution in [-0.4, -0.2) is 55.9 Å². The van der Waals surface area contributed by atoms with Crippen molar-refractivity contribution in [3.63, 3.8) is 0 Å². The number of nitrogens with zero attached hydrogens (tertiary/aromatic N) is 1. The minimum Gasteiger partial charge on any atom is -0.458 e. The predicted octanol–water partition coefficient (Wildman–Crippen LogP) is 14.5. The zero-order chi connectivity index (χ0) is 41.2. The zero-order valence-corrected chi connectivity index (χ0v) is 39.8. The van der Waals surface area contributed by atoms with Crippen LogP contribution in [0.2, 0.25) is 0 Å². The summed E-state index contributed by atoms with van der Waals surface area (Å²) in [5, 5.41) is 0. The van der Waals surface area contributed by atoms with Gasteiger partial charge in [0.25, 0.3) is 0 Å². The molecule has 4 heteroatoms. The van der Waals surface area contributed by atoms with E-state index in [0.717, 1.165) is 48.4 Å². The fourth-order valence-electron chi connectivity index (χ4n) is 16.2. The van der Waals surface area contributed by atoms with Crippen LogP contribution in [0.4, 0.5) is 0 Å². The number of carbonyl (C=O) groups excluding carboxylic acids is 1. The second kappa shape index (κ2) is 18.4. The van der Waals surface area contributed by atoms with E-state index in [0.29, 0.717) is 45.6 Å². The average Bonchev–Trinajstić information content (AvgIpc) is 3.49. The van der Waals surface area contributed by atoms with Crippen LogP contribution in [0.5, 0.6) is 0 Å². The highest BCUT2D eigenvalue weighted by Gasteiger charge is 2.73. The van der Waals surface area contributed by atoms with E-state index in [2.05, 4.69) is 69.4 Å². The van der Waals surface area contributed by atoms with Gasteiger partial charge in [-0.15, -0.1) is 0 Å². The highest BCUT2D eigenvalue weighted by Crippen LogP contribution is 2.78. The summed E-state index contributed by atoms with van der Waals surface area (Å²) >= 11 is 0. The van der Waals surface area contributed by atoms with Crippen LogP contribution in [0.3, 0.4) is 0 Å². The quantitative estimate of drug-likeness (QED) is 0.0659. The largest absolute Gasteiger partial charge is 0.458 e. The Kier molecular flexibility index (Phi) is 14.8. The fraction of sp³-hybridized carbons (Fsp3) is 0.981. The first-order valence-electron chi connectivity index (χ1n) is 25.7. The molecule has 330 valence electrons. The molecular weight excluding hydrogens is 699 g/mol. The number of esters is 1. The minimum absolute atomic E-state index is 0.00232. The molecule has 57 heavy (non-hydrogen) atoms. The number of hydrogen-bond acceptors (Lipinski definition) is 3. The number of rotatable bonds is 21. The first-order chi connectivity index (χ1) is 27.0. The average molecular weight is 795 g/mol. The van der Waals surface area contributed by atoms with E-state index < -0.39 is 0 Å². The van der Waals surface area contributed by atoms with Crippen LogP contribution in [0.15, 0.2) is 0 Å². The number of ether oxygens (including phenoxy) is 2. The second-order valence-electron chi connectivity index (χ2n) is 24.3. The summed E-state index contributed by atoms with van der Waals surface area (Å²) in [5.41, 5.74) is 1.82. The maximum absolute atomic E-state index is 14.2. The smallest absolute Gasteiger partial charge is 0.362 e. The van der Waals surface area contributed by atoms with Crippen molar-refractivity contribution in [3.05, 3.63) is 0 Å². The molecule has 6 rings (SSSR count). The van der Waals surface area contributed by atoms with Gasteiger partial charge in [-0.25, -0.2) is 4.79 Å². The van der Waals surface area contributed by atoms with Crippen LogP contribution < -0.4 is 0 Å². The lowest BCUT2D eigenvalue weighted by Crippen LogP contribution is -2.68. The Morgan fingerprint density at radius 3 is 1.77 bits per heavy atom. The fourth-order valence-corrected chi connectivity index (χ4v) is 16.2. The lowest BCUT2D eigenvalue weighted by atomic mass is 9.31. The summed E-state index contributed by atoms with van der Waals surface area (Å²) in [5.74, 6) is 2.99. The molecule has 0 aromatic carbocycles. The number of unbranched alkanes of at least 4 members (excludes halogenated alkanes) is 14. The topological polar surface area (TPSA) is 35.5 Å². The van der Waals surface area contributed by atoms with E-state index in [1.165, 1.54) is 161 Å². The molecule has 1 aliphatic heterocycles. The Balaban J connectivity index is 1.08. The summed E-state index contributed by atoms with van der Waals surface area (Å²) in [6.07, 6.45) is 35.1. The summed E-state index contributed by atoms with van der Waals surface area (Å²) in [6, 6.07) is 0. The molecule has 0 spiro atoms. The van der Waals surface area contributed by atoms with Gasteiger partial charge in [0.15, 0.2) is 6.54 Å². The Bertz CT molecular complexity index is 1290. The molecule has 5 aliphatic carbocycles. The molecule has 0 aromatic rings. The summed E-state index contributed by atoms with van der Waals surface area (Å²) in [6.45, 7) is 26.7. The molecule has 6 fully saturated rings. The third-order valence-corrected chi connectivity index (χ3v) is 20.0. The van der Waals surface area contributed by atoms with Gasteiger partial charge in [0, 0.05) is 5.41 Å². The Hall–Kier alpha value is -0.610. The van der Waals surface area contributed by atoms with Gasteiger partial charge in [0.05, 0.1) is 32.8 Å². The van der Waals surface area contributed by atoms with Crippen LogP contribution in [0, 0.1) is 56.2 Å². The van der Waals surface area contributed by atoms with Crippen molar-refractivity contribution in [2.24, 2.45) is 56.2 Å². The SMILES string of the molecule is CCCCCCCCCC[N+](C)(CCCCCCCCCC)CC(=O)O[C@H]1CC[C@@]2(C)C(CC[C@]3(C)C2CC[C@@H]2C4[C@@H]5OC[C@@]4(CCC5(C)C)CC[C@]23C)C1(C)C. The van der Waals surface area contributed by atoms with Gasteiger partial charge >= 0.3 is 5.97 Å². The standard InChI is InChI=1S/C53H96NO3/c1-11-13-15-17-19-21-23-25-37-54(10,38-26-24-22-20-18-16-14-12-2)39-45(55)57-44-30-31-50(7)42(49(44,5)6)29-32-52(9)43(50)28-27-41-46-47-48(3,4)33-35-53(46,40-56-47)36-34-51(41,52)8/h41-44,46-47H,11-40H2,1-10H3/q+1/t41-,42?,43?,44+,46?,47+,50+,51-,52-,53-/m1/s1. The Morgan fingerprint density at radius 2 is 1.18 bits per heavy atom. The number of hydrogen-bond donors (Lipinski definition) is 0. The van der Waals surface area contributed by atoms with Crippen molar-refractivity contribution in [1.82, 2.24) is 0 Å². The summed E-state index contributed by atoms with van der Waals surface area (Å²) in [4.78, 5) is 14.2. The number of fused-ring (bicyclic) bond motifs is 5. The molecule has 0 N–H and O–H groups in total. The predicted molar refractivity (Wildman–Crippen MR) is 240 cm³/mol. The highest BCUT2D eigenvalue weighted by atomic mass is 16.5. The normalized spacial score (nSPS) is 39.1. The Morgan fingerprint density at radius 1 is 0.614 bits per heavy atom. The molecule has 0 radical (unpaired) electrons. The highest BCUT2D eigenvalue weighted by molar-refractivity contribution is 5.71. The van der Waals surface area contributed by atoms with Gasteiger partial charge in [-0.05, 0) is 141 Å². The van der Waals surface area contributed by atoms with Crippen LogP contribution in [0.1, 0.15) is 229 Å². The third kappa shape index (κ3) is 9.01. The molecule has 3 unspecified atom stereocenters. The molecule has 1 saturated heterocycles. The molecule has 0 aromatic heterocycles. The second-order valence-corrected chi connectivity index (χ2v) is 24.3. The number of likely N-dealkylation sites (N-methyl/N-ethyl adjacent to an activating group) is 1. The van der Waals surface area contributed by atoms with E-state index in [1.807, 2.05) is 0 Å². The molecule has 0 amide bonds. The van der Waals surface area contributed by atoms with Gasteiger partial charge in [-0.2, -0.15) is 0 Å². The summed E-state index contributed by atoms with van der Waals surface area (Å²) in [7, 11) is 2.38. The number of carbonyl (C=O) groups is 1. The van der Waals surface area contributed by atoms with Crippen molar-refractivity contribution in [2.45, 2.75) is 241 Å². The van der Waals surface area contributed by atoms with E-state index in [1.54, 1.807) is 0 Å². The van der Waals surface area contributed by atoms with Crippen molar-refractivity contribution < 1.29 is 18.8 Å². The van der Waals surface area contributed by atoms with E-state index in [4.69, 9.17) is 9.47 Å². The van der Waals surface area contributed by atoms with Crippen molar-refractivity contribution in [2.75, 3.05) is 33.3 Å². The lowest BCUT2D eigenvalue weighted by Gasteiger charge is -2.73. The van der Waals surface area contributed by atoms with Gasteiger partial charge in [-0.1, -0.05) is 139 Å². The first-order valence-corrected chi connectivity index (χ1v) is 25.7. The van der Waals surface area contributed by atoms with Gasteiger partial charge in [0.1, 0.15) is 6.10 Å². The van der Waals surface area contributed by atoms with Gasteiger partial charge < -0.3 is 14.0 Å². The molecule has 10 atom stereocenters. The molecule has 2 bridgehead atoms. The van der Waals surface area contributed by atoms with E-state index in [-0.39, 0.29) is 17.5 Å². The van der Waals surface area contributed by atoms with Crippen molar-refractivity contribution in [3.8, 4) is 0 Å². The van der Waals surface area contributed by atoms with Crippen LogP contribution in [0.25, 0.3) is 0 Å². The molecular formula is C53H96NO3+. The lowest BCUT2D eigenvalue weighted by molar-refractivity contribution is -0.903. The molecule has 6 aliphatic rings. The molecule has 4 nitrogen and oxygen atoms in total. The van der Waals surface area contributed by atoms with Crippen molar-refractivity contribution in [1.29, 1.82) is 0 Å². The van der Waals surface area contributed by atoms with Crippen LogP contribution >= 0.6 is 0 Å². The number of quaternary nitrogens is 1. The van der Waals surface area contributed by atoms with Gasteiger partial charge in [0.2, 0.25) is 0 Å². The Labute approximate surface area is 354 Å². The molecule has 5 saturated carbocycles. The van der Waals surface area contributed by atoms with E-state index in [9.17, 15) is 4.79 Å². The van der Waals surface area contributed by atoms with Crippen LogP contribution in [-0.2, 0) is 14.3 Å². The maximum atomic E-state index is 14.2. The zero-order valence-electron chi connectivity index (χ0n) is 39.8. The third-order valence-electron chi connectivity index (χ3n) is 20.0. The van der Waals surface area contributed by atoms with Gasteiger partial charge in [-0.3, -0.25) is 0 Å². The van der Waals surface area contributed by atoms with E-state index >= 15 is 0 Å². The molecule has 1 heterocycles. The first kappa shape index (κ1) is 45.9. The maximum Gasteiger partial charge on any atom is 0.362 e. The minimum atomic E-state index is -0.00232. The monoisotopic (exact) mass is 795 g/mol. The van der Waals surface area contributed by atoms with Crippen molar-refractivity contribution >= 4 is 5.97 Å².